The summed E-state index contributed by atoms with van der Waals surface area (Å²) in [4.78, 5) is 71.5. The molecule has 15 nitrogen and oxygen atoms in total. The Labute approximate surface area is 304 Å². The van der Waals surface area contributed by atoms with Crippen LogP contribution in [-0.2, 0) is 20.8 Å². The summed E-state index contributed by atoms with van der Waals surface area (Å²) in [5, 5.41) is 12.8. The number of ketones is 1. The number of imidazole rings is 1. The van der Waals surface area contributed by atoms with Gasteiger partial charge < -0.3 is 29.4 Å². The zero-order chi connectivity index (χ0) is 38.8. The van der Waals surface area contributed by atoms with Crippen LogP contribution in [0.4, 0.5) is 34.7 Å². The normalized spacial score (nSPS) is 16.7. The molecule has 0 aliphatic carbocycles. The van der Waals surface area contributed by atoms with E-state index in [9.17, 15) is 33.1 Å². The highest BCUT2D eigenvalue weighted by Crippen LogP contribution is 2.35. The van der Waals surface area contributed by atoms with E-state index in [-0.39, 0.29) is 41.8 Å². The number of benzene rings is 1. The van der Waals surface area contributed by atoms with Gasteiger partial charge in [0.05, 0.1) is 37.6 Å². The van der Waals surface area contributed by atoms with Crippen molar-refractivity contribution in [2.45, 2.75) is 72.1 Å². The van der Waals surface area contributed by atoms with Crippen LogP contribution in [0, 0.1) is 23.5 Å². The number of nitrogens with one attached hydrogen (secondary N) is 1. The Bertz CT molecular complexity index is 2050. The van der Waals surface area contributed by atoms with Crippen LogP contribution in [-0.4, -0.2) is 85.0 Å². The molecule has 0 radical (unpaired) electrons. The molecule has 3 aromatic heterocycles. The molecule has 1 aliphatic heterocycles. The van der Waals surface area contributed by atoms with Gasteiger partial charge in [-0.15, -0.1) is 0 Å². The van der Waals surface area contributed by atoms with Gasteiger partial charge in [-0.1, -0.05) is 20.8 Å². The SMILES string of the molecule is COC(=O)NC1(C(=O)C(C)C(C)C)CCCN(c2cnc(-c3ccc(F)c(F)c3)cc2Cn2cnc3c(N(C(=O)O)C(=O)OC(C)(C)C)ncnc32)C1. The molecule has 1 aromatic carbocycles. The van der Waals surface area contributed by atoms with Crippen LogP contribution in [0.25, 0.3) is 22.4 Å². The molecule has 17 heteroatoms. The monoisotopic (exact) mass is 736 g/mol. The Kier molecular flexibility index (Phi) is 11.0. The number of fused-ring (bicyclic) bond motifs is 1. The number of hydrogen-bond acceptors (Lipinski definition) is 11. The molecule has 1 saturated heterocycles. The number of aromatic nitrogens is 5. The number of ether oxygens (including phenoxy) is 2. The van der Waals surface area contributed by atoms with E-state index in [0.717, 1.165) is 18.5 Å². The predicted octanol–water partition coefficient (Wildman–Crippen LogP) is 6.19. The molecule has 2 N–H and O–H groups in total. The number of Topliss-reactive ketones (excluding diaryl/α,β-unsaturated/α-hetero) is 1. The van der Waals surface area contributed by atoms with E-state index in [1.165, 1.54) is 19.5 Å². The quantitative estimate of drug-likeness (QED) is 0.199. The van der Waals surface area contributed by atoms with Crippen LogP contribution < -0.4 is 15.1 Å². The van der Waals surface area contributed by atoms with Crippen molar-refractivity contribution in [1.82, 2.24) is 29.8 Å². The Morgan fingerprint density at radius 2 is 1.79 bits per heavy atom. The first-order chi connectivity index (χ1) is 24.9. The molecule has 53 heavy (non-hydrogen) atoms. The smallest absolute Gasteiger partial charge is 0.425 e. The summed E-state index contributed by atoms with van der Waals surface area (Å²) in [5.41, 5.74) is -0.384. The van der Waals surface area contributed by atoms with Crippen LogP contribution in [0.5, 0.6) is 0 Å². The number of methoxy groups -OCH3 is 1. The number of piperidine rings is 1. The van der Waals surface area contributed by atoms with Gasteiger partial charge in [0.2, 0.25) is 0 Å². The lowest BCUT2D eigenvalue weighted by atomic mass is 9.76. The van der Waals surface area contributed by atoms with E-state index in [4.69, 9.17) is 9.47 Å². The maximum atomic E-state index is 14.3. The zero-order valence-electron chi connectivity index (χ0n) is 30.5. The summed E-state index contributed by atoms with van der Waals surface area (Å²) in [6.07, 6.45) is 1.37. The number of carboxylic acid groups (broad SMARTS) is 1. The largest absolute Gasteiger partial charge is 0.464 e. The maximum absolute atomic E-state index is 14.3. The number of anilines is 2. The number of pyridine rings is 1. The average Bonchev–Trinajstić information content (AvgIpc) is 3.51. The zero-order valence-corrected chi connectivity index (χ0v) is 30.5. The highest BCUT2D eigenvalue weighted by molar-refractivity contribution is 6.11. The molecule has 0 bridgehead atoms. The minimum atomic E-state index is -1.64. The summed E-state index contributed by atoms with van der Waals surface area (Å²) in [5.74, 6) is -2.93. The van der Waals surface area contributed by atoms with E-state index < -0.39 is 47.0 Å². The average molecular weight is 737 g/mol. The molecule has 0 saturated carbocycles. The second kappa shape index (κ2) is 15.1. The third-order valence-corrected chi connectivity index (χ3v) is 9.13. The van der Waals surface area contributed by atoms with E-state index in [1.807, 2.05) is 25.7 Å². The lowest BCUT2D eigenvalue weighted by Crippen LogP contribution is -2.65. The molecule has 2 atom stereocenters. The number of amides is 3. The lowest BCUT2D eigenvalue weighted by Gasteiger charge is -2.44. The van der Waals surface area contributed by atoms with Gasteiger partial charge in [-0.3, -0.25) is 9.78 Å². The van der Waals surface area contributed by atoms with Crippen molar-refractivity contribution in [3.05, 3.63) is 60.3 Å². The molecule has 2 unspecified atom stereocenters. The summed E-state index contributed by atoms with van der Waals surface area (Å²) in [7, 11) is 1.23. The van der Waals surface area contributed by atoms with E-state index in [0.29, 0.717) is 46.8 Å². The molecule has 0 spiro atoms. The first-order valence-corrected chi connectivity index (χ1v) is 17.0. The van der Waals surface area contributed by atoms with Gasteiger partial charge in [0.15, 0.2) is 34.4 Å². The van der Waals surface area contributed by atoms with Crippen molar-refractivity contribution in [3.63, 3.8) is 0 Å². The Morgan fingerprint density at radius 1 is 1.06 bits per heavy atom. The standard InChI is InChI=1S/C36H42F2N8O7/c1-20(2)21(3)29(47)36(43-32(48)52-7)11-8-12-44(17-36)27-15-39-26(22-9-10-24(37)25(38)13-22)14-23(27)16-45-19-42-28-30(45)40-18-41-31(28)46(33(49)50)34(51)53-35(4,5)6/h9-10,13-15,18-21H,8,11-12,16-17H2,1-7H3,(H,43,48)(H,49,50). The second-order valence-corrected chi connectivity index (χ2v) is 14.3. The predicted molar refractivity (Wildman–Crippen MR) is 189 cm³/mol. The number of rotatable bonds is 9. The number of carbonyl (C=O) groups excluding carboxylic acids is 3. The minimum Gasteiger partial charge on any atom is -0.464 e. The van der Waals surface area contributed by atoms with Gasteiger partial charge in [-0.25, -0.2) is 38.1 Å². The van der Waals surface area contributed by atoms with Gasteiger partial charge in [-0.2, -0.15) is 4.90 Å². The van der Waals surface area contributed by atoms with Crippen LogP contribution >= 0.6 is 0 Å². The summed E-state index contributed by atoms with van der Waals surface area (Å²) in [6.45, 7) is 11.1. The maximum Gasteiger partial charge on any atom is 0.425 e. The molecule has 5 rings (SSSR count). The summed E-state index contributed by atoms with van der Waals surface area (Å²) >= 11 is 0. The van der Waals surface area contributed by atoms with Gasteiger partial charge >= 0.3 is 18.3 Å². The van der Waals surface area contributed by atoms with E-state index in [1.54, 1.807) is 37.6 Å². The van der Waals surface area contributed by atoms with Gasteiger partial charge in [0.1, 0.15) is 17.5 Å². The topological polar surface area (TPSA) is 182 Å². The summed E-state index contributed by atoms with van der Waals surface area (Å²) in [6, 6.07) is 5.11. The first kappa shape index (κ1) is 38.5. The molecular formula is C36H42F2N8O7. The number of hydrogen-bond donors (Lipinski definition) is 2. The molecule has 4 heterocycles. The van der Waals surface area contributed by atoms with E-state index in [2.05, 4.69) is 25.3 Å². The highest BCUT2D eigenvalue weighted by Gasteiger charge is 2.46. The molecule has 4 aromatic rings. The van der Waals surface area contributed by atoms with Crippen LogP contribution in [0.3, 0.4) is 0 Å². The molecule has 1 aliphatic rings. The fourth-order valence-corrected chi connectivity index (χ4v) is 6.22. The third-order valence-electron chi connectivity index (χ3n) is 9.13. The third kappa shape index (κ3) is 8.18. The fourth-order valence-electron chi connectivity index (χ4n) is 6.22. The van der Waals surface area contributed by atoms with Crippen LogP contribution in [0.15, 0.2) is 43.1 Å². The Morgan fingerprint density at radius 3 is 2.43 bits per heavy atom. The number of nitrogens with zero attached hydrogens (tertiary/aromatic N) is 7. The first-order valence-electron chi connectivity index (χ1n) is 17.0. The molecular weight excluding hydrogens is 694 g/mol. The van der Waals surface area contributed by atoms with Crippen molar-refractivity contribution in [3.8, 4) is 11.3 Å². The van der Waals surface area contributed by atoms with Gasteiger partial charge in [0.25, 0.3) is 0 Å². The number of imide groups is 1. The van der Waals surface area contributed by atoms with Gasteiger partial charge in [-0.05, 0) is 69.4 Å². The van der Waals surface area contributed by atoms with Gasteiger partial charge in [0, 0.05) is 24.6 Å². The van der Waals surface area contributed by atoms with E-state index >= 15 is 0 Å². The number of halogens is 2. The highest BCUT2D eigenvalue weighted by atomic mass is 19.2. The van der Waals surface area contributed by atoms with Crippen LogP contribution in [0.1, 0.15) is 59.9 Å². The fraction of sp³-hybridized carbons (Fsp3) is 0.444. The van der Waals surface area contributed by atoms with Crippen LogP contribution in [0.2, 0.25) is 0 Å². The van der Waals surface area contributed by atoms with Crippen molar-refractivity contribution < 1.29 is 42.5 Å². The number of carbonyl (C=O) groups is 4. The molecule has 1 fully saturated rings. The van der Waals surface area contributed by atoms with Crippen molar-refractivity contribution in [2.24, 2.45) is 11.8 Å². The van der Waals surface area contributed by atoms with Crippen molar-refractivity contribution in [1.29, 1.82) is 0 Å². The summed E-state index contributed by atoms with van der Waals surface area (Å²) < 4.78 is 40.0. The second-order valence-electron chi connectivity index (χ2n) is 14.3. The minimum absolute atomic E-state index is 0.00409. The lowest BCUT2D eigenvalue weighted by molar-refractivity contribution is -0.130. The van der Waals surface area contributed by atoms with Crippen molar-refractivity contribution in [2.75, 3.05) is 30.0 Å². The number of alkyl carbamates (subject to hydrolysis) is 1. The molecule has 3 amide bonds. The Hall–Kier alpha value is -5.74. The van der Waals surface area contributed by atoms with Crippen molar-refractivity contribution >= 4 is 46.7 Å². The Balaban J connectivity index is 1.61. The molecule has 282 valence electrons.